The van der Waals surface area contributed by atoms with Gasteiger partial charge in [-0.1, -0.05) is 0 Å². The fourth-order valence-corrected chi connectivity index (χ4v) is 1.91. The summed E-state index contributed by atoms with van der Waals surface area (Å²) in [5.41, 5.74) is 1.71. The van der Waals surface area contributed by atoms with Crippen LogP contribution < -0.4 is 0 Å². The van der Waals surface area contributed by atoms with Crippen molar-refractivity contribution in [3.63, 3.8) is 0 Å². The molecule has 1 amide bonds. The van der Waals surface area contributed by atoms with Crippen molar-refractivity contribution >= 4 is 11.9 Å². The molecule has 6 nitrogen and oxygen atoms in total. The highest BCUT2D eigenvalue weighted by atomic mass is 16.5. The molecule has 0 fully saturated rings. The summed E-state index contributed by atoms with van der Waals surface area (Å²) in [5.74, 6) is -0.542. The number of imidazole rings is 1. The van der Waals surface area contributed by atoms with Crippen molar-refractivity contribution in [2.75, 3.05) is 7.11 Å². The molecule has 2 heterocycles. The van der Waals surface area contributed by atoms with Gasteiger partial charge in [-0.3, -0.25) is 4.79 Å². The molecule has 1 aliphatic heterocycles. The Morgan fingerprint density at radius 2 is 2.38 bits per heavy atom. The van der Waals surface area contributed by atoms with Gasteiger partial charge in [0.1, 0.15) is 6.04 Å². The molecule has 6 heteroatoms. The Labute approximate surface area is 92.6 Å². The van der Waals surface area contributed by atoms with Gasteiger partial charge in [0.05, 0.1) is 31.4 Å². The molecule has 16 heavy (non-hydrogen) atoms. The van der Waals surface area contributed by atoms with Crippen LogP contribution in [0.25, 0.3) is 0 Å². The van der Waals surface area contributed by atoms with Crippen molar-refractivity contribution in [2.45, 2.75) is 25.9 Å². The number of ether oxygens (including phenoxy) is 1. The number of H-pyrrole nitrogens is 1. The third-order valence-corrected chi connectivity index (χ3v) is 2.78. The van der Waals surface area contributed by atoms with E-state index in [2.05, 4.69) is 9.97 Å². The van der Waals surface area contributed by atoms with Crippen LogP contribution in [0, 0.1) is 0 Å². The molecule has 0 bridgehead atoms. The minimum absolute atomic E-state index is 0.143. The maximum Gasteiger partial charge on any atom is 0.329 e. The van der Waals surface area contributed by atoms with Crippen molar-refractivity contribution in [1.29, 1.82) is 0 Å². The third kappa shape index (κ3) is 1.66. The average molecular weight is 223 g/mol. The molecular formula is C10H13N3O3. The number of esters is 1. The Morgan fingerprint density at radius 3 is 3.00 bits per heavy atom. The van der Waals surface area contributed by atoms with Crippen molar-refractivity contribution in [2.24, 2.45) is 0 Å². The van der Waals surface area contributed by atoms with Gasteiger partial charge in [0.25, 0.3) is 0 Å². The zero-order chi connectivity index (χ0) is 11.7. The van der Waals surface area contributed by atoms with E-state index in [1.54, 1.807) is 6.33 Å². The molecule has 1 atom stereocenters. The van der Waals surface area contributed by atoms with Gasteiger partial charge in [0.15, 0.2) is 0 Å². The van der Waals surface area contributed by atoms with E-state index in [1.165, 1.54) is 18.9 Å². The summed E-state index contributed by atoms with van der Waals surface area (Å²) in [7, 11) is 1.32. The van der Waals surface area contributed by atoms with Gasteiger partial charge in [-0.05, 0) is 0 Å². The highest BCUT2D eigenvalue weighted by Crippen LogP contribution is 2.21. The van der Waals surface area contributed by atoms with Crippen molar-refractivity contribution in [3.05, 3.63) is 17.7 Å². The lowest BCUT2D eigenvalue weighted by atomic mass is 10.0. The van der Waals surface area contributed by atoms with E-state index in [4.69, 9.17) is 4.74 Å². The summed E-state index contributed by atoms with van der Waals surface area (Å²) in [6.45, 7) is 1.82. The molecule has 0 unspecified atom stereocenters. The number of rotatable bonds is 1. The van der Waals surface area contributed by atoms with Crippen molar-refractivity contribution < 1.29 is 14.3 Å². The molecule has 0 aromatic carbocycles. The van der Waals surface area contributed by atoms with Crippen LogP contribution in [0.2, 0.25) is 0 Å². The number of nitrogens with zero attached hydrogens (tertiary/aromatic N) is 2. The van der Waals surface area contributed by atoms with E-state index in [-0.39, 0.29) is 5.91 Å². The van der Waals surface area contributed by atoms with Crippen molar-refractivity contribution in [3.8, 4) is 0 Å². The second-order valence-electron chi connectivity index (χ2n) is 3.72. The Kier molecular flexibility index (Phi) is 2.64. The zero-order valence-corrected chi connectivity index (χ0v) is 9.19. The van der Waals surface area contributed by atoms with E-state index in [0.29, 0.717) is 13.0 Å². The average Bonchev–Trinajstić information content (AvgIpc) is 2.73. The maximum atomic E-state index is 11.6. The van der Waals surface area contributed by atoms with Crippen molar-refractivity contribution in [1.82, 2.24) is 14.9 Å². The monoisotopic (exact) mass is 223 g/mol. The summed E-state index contributed by atoms with van der Waals surface area (Å²) in [4.78, 5) is 31.6. The molecule has 1 aromatic rings. The molecule has 0 radical (unpaired) electrons. The van der Waals surface area contributed by atoms with Gasteiger partial charge in [-0.25, -0.2) is 9.78 Å². The third-order valence-electron chi connectivity index (χ3n) is 2.78. The largest absolute Gasteiger partial charge is 0.467 e. The van der Waals surface area contributed by atoms with Crippen LogP contribution in [0.4, 0.5) is 0 Å². The van der Waals surface area contributed by atoms with E-state index in [1.807, 2.05) is 0 Å². The molecule has 0 spiro atoms. The van der Waals surface area contributed by atoms with E-state index in [0.717, 1.165) is 11.4 Å². The lowest BCUT2D eigenvalue weighted by Gasteiger charge is -2.32. The Bertz CT molecular complexity index is 427. The van der Waals surface area contributed by atoms with Gasteiger partial charge in [-0.15, -0.1) is 0 Å². The Balaban J connectivity index is 2.30. The minimum Gasteiger partial charge on any atom is -0.467 e. The summed E-state index contributed by atoms with van der Waals surface area (Å²) in [5, 5.41) is 0. The number of nitrogens with one attached hydrogen (secondary N) is 1. The number of hydrogen-bond donors (Lipinski definition) is 1. The van der Waals surface area contributed by atoms with E-state index < -0.39 is 12.0 Å². The second kappa shape index (κ2) is 3.96. The van der Waals surface area contributed by atoms with Gasteiger partial charge in [-0.2, -0.15) is 0 Å². The number of carbonyl (C=O) groups excluding carboxylic acids is 2. The summed E-state index contributed by atoms with van der Waals surface area (Å²) in [6, 6.07) is -0.557. The molecule has 0 saturated heterocycles. The first-order valence-electron chi connectivity index (χ1n) is 4.99. The molecule has 2 rings (SSSR count). The second-order valence-corrected chi connectivity index (χ2v) is 3.72. The Hall–Kier alpha value is -1.85. The number of aromatic amines is 1. The van der Waals surface area contributed by atoms with Crippen LogP contribution in [-0.2, 0) is 27.3 Å². The zero-order valence-electron chi connectivity index (χ0n) is 9.19. The predicted molar refractivity (Wildman–Crippen MR) is 54.3 cm³/mol. The first-order chi connectivity index (χ1) is 7.63. The van der Waals surface area contributed by atoms with Gasteiger partial charge in [0, 0.05) is 13.3 Å². The highest BCUT2D eigenvalue weighted by molar-refractivity contribution is 5.84. The molecular weight excluding hydrogens is 210 g/mol. The fourth-order valence-electron chi connectivity index (χ4n) is 1.91. The first kappa shape index (κ1) is 10.7. The summed E-state index contributed by atoms with van der Waals surface area (Å²) < 4.78 is 4.69. The van der Waals surface area contributed by atoms with Gasteiger partial charge >= 0.3 is 5.97 Å². The van der Waals surface area contributed by atoms with Crippen LogP contribution >= 0.6 is 0 Å². The maximum absolute atomic E-state index is 11.6. The number of methoxy groups -OCH3 is 1. The Morgan fingerprint density at radius 1 is 1.62 bits per heavy atom. The molecule has 86 valence electrons. The summed E-state index contributed by atoms with van der Waals surface area (Å²) in [6.07, 6.45) is 1.98. The first-order valence-corrected chi connectivity index (χ1v) is 4.99. The quantitative estimate of drug-likeness (QED) is 0.672. The number of aromatic nitrogens is 2. The van der Waals surface area contributed by atoms with Crippen LogP contribution in [0.5, 0.6) is 0 Å². The van der Waals surface area contributed by atoms with Gasteiger partial charge < -0.3 is 14.6 Å². The molecule has 0 aliphatic carbocycles. The lowest BCUT2D eigenvalue weighted by Crippen LogP contribution is -2.48. The minimum atomic E-state index is -0.557. The fraction of sp³-hybridized carbons (Fsp3) is 0.500. The highest BCUT2D eigenvalue weighted by Gasteiger charge is 2.35. The normalized spacial score (nSPS) is 19.1. The van der Waals surface area contributed by atoms with Gasteiger partial charge in [0.2, 0.25) is 5.91 Å². The lowest BCUT2D eigenvalue weighted by molar-refractivity contribution is -0.153. The number of hydrogen-bond acceptors (Lipinski definition) is 4. The van der Waals surface area contributed by atoms with Crippen LogP contribution in [0.15, 0.2) is 6.33 Å². The molecule has 1 N–H and O–H groups in total. The molecule has 0 saturated carbocycles. The molecule has 1 aliphatic rings. The van der Waals surface area contributed by atoms with Crippen LogP contribution in [0.3, 0.4) is 0 Å². The standard InChI is InChI=1S/C10H13N3O3/c1-6(14)13-4-8-7(11-5-12-8)3-9(13)10(15)16-2/h5,9H,3-4H2,1-2H3,(H,11,12)/t9-/m0/s1. The van der Waals surface area contributed by atoms with Crippen LogP contribution in [0.1, 0.15) is 18.3 Å². The van der Waals surface area contributed by atoms with Crippen LogP contribution in [-0.4, -0.2) is 39.9 Å². The summed E-state index contributed by atoms with van der Waals surface area (Å²) >= 11 is 0. The predicted octanol–water partition coefficient (Wildman–Crippen LogP) is -0.144. The SMILES string of the molecule is COC(=O)[C@@H]1Cc2nc[nH]c2CN1C(C)=O. The topological polar surface area (TPSA) is 75.3 Å². The van der Waals surface area contributed by atoms with E-state index in [9.17, 15) is 9.59 Å². The number of amides is 1. The molecule has 1 aromatic heterocycles. The number of carbonyl (C=O) groups is 2. The van der Waals surface area contributed by atoms with E-state index >= 15 is 0 Å². The smallest absolute Gasteiger partial charge is 0.329 e. The number of fused-ring (bicyclic) bond motifs is 1.